The van der Waals surface area contributed by atoms with Crippen LogP contribution in [0.4, 0.5) is 18.9 Å². The molecule has 0 bridgehead atoms. The fourth-order valence-electron chi connectivity index (χ4n) is 3.47. The number of fused-ring (bicyclic) bond motifs is 1. The second kappa shape index (κ2) is 7.70. The van der Waals surface area contributed by atoms with Crippen LogP contribution in [0.25, 0.3) is 0 Å². The molecule has 31 heavy (non-hydrogen) atoms. The van der Waals surface area contributed by atoms with Crippen molar-refractivity contribution < 1.29 is 27.8 Å². The van der Waals surface area contributed by atoms with Gasteiger partial charge < -0.3 is 14.7 Å². The first-order valence-electron chi connectivity index (χ1n) is 8.94. The molecule has 4 rings (SSSR count). The van der Waals surface area contributed by atoms with E-state index in [1.807, 2.05) is 5.10 Å². The molecule has 3 aromatic rings. The normalized spacial score (nSPS) is 15.6. The minimum Gasteiger partial charge on any atom is -0.475 e. The minimum absolute atomic E-state index is 0.0446. The summed E-state index contributed by atoms with van der Waals surface area (Å²) in [6.45, 7) is -0.0558. The molecule has 3 heterocycles. The summed E-state index contributed by atoms with van der Waals surface area (Å²) < 4.78 is 46.4. The Kier molecular flexibility index (Phi) is 5.05. The monoisotopic (exact) mass is 433 g/mol. The molecule has 2 N–H and O–H groups in total. The van der Waals surface area contributed by atoms with E-state index in [0.29, 0.717) is 5.56 Å². The summed E-state index contributed by atoms with van der Waals surface area (Å²) in [7, 11) is 0. The summed E-state index contributed by atoms with van der Waals surface area (Å²) in [5.74, 6) is -1.86. The average Bonchev–Trinajstić information content (AvgIpc) is 3.10. The number of H-pyrrole nitrogens is 1. The van der Waals surface area contributed by atoms with E-state index in [-0.39, 0.29) is 24.7 Å². The van der Waals surface area contributed by atoms with E-state index in [2.05, 4.69) is 15.1 Å². The zero-order valence-electron chi connectivity index (χ0n) is 15.6. The number of benzene rings is 1. The number of nitrogens with one attached hydrogen (secondary N) is 1. The number of hydrogen-bond donors (Lipinski definition) is 2. The predicted octanol–water partition coefficient (Wildman–Crippen LogP) is 2.42. The van der Waals surface area contributed by atoms with Crippen molar-refractivity contribution >= 4 is 11.7 Å². The predicted molar refractivity (Wildman–Crippen MR) is 99.7 cm³/mol. The van der Waals surface area contributed by atoms with Crippen LogP contribution in [-0.4, -0.2) is 37.8 Å². The van der Waals surface area contributed by atoms with Gasteiger partial charge in [-0.2, -0.15) is 23.3 Å². The topological polar surface area (TPSA) is 121 Å². The number of carbonyl (C=O) groups is 1. The molecular formula is C19H14F3N5O4. The lowest BCUT2D eigenvalue weighted by Crippen LogP contribution is -2.33. The smallest absolute Gasteiger partial charge is 0.423 e. The lowest BCUT2D eigenvalue weighted by Gasteiger charge is -2.28. The van der Waals surface area contributed by atoms with Crippen LogP contribution in [0.15, 0.2) is 47.5 Å². The number of rotatable bonds is 5. The van der Waals surface area contributed by atoms with Gasteiger partial charge in [0.05, 0.1) is 17.9 Å². The molecule has 0 spiro atoms. The second-order valence-corrected chi connectivity index (χ2v) is 6.63. The third-order valence-electron chi connectivity index (χ3n) is 4.77. The molecule has 0 saturated carbocycles. The van der Waals surface area contributed by atoms with Crippen molar-refractivity contribution in [3.05, 3.63) is 75.6 Å². The molecule has 0 saturated heterocycles. The molecule has 160 valence electrons. The van der Waals surface area contributed by atoms with Crippen molar-refractivity contribution in [2.45, 2.75) is 18.8 Å². The van der Waals surface area contributed by atoms with Crippen LogP contribution in [0.2, 0.25) is 0 Å². The lowest BCUT2D eigenvalue weighted by atomic mass is 10.1. The number of halogens is 3. The van der Waals surface area contributed by atoms with Crippen LogP contribution in [0.5, 0.6) is 5.88 Å². The molecule has 0 amide bonds. The molecule has 1 aromatic carbocycles. The third-order valence-corrected chi connectivity index (χ3v) is 4.77. The maximum atomic E-state index is 13.6. The largest absolute Gasteiger partial charge is 0.475 e. The molecule has 0 radical (unpaired) electrons. The third kappa shape index (κ3) is 3.91. The summed E-state index contributed by atoms with van der Waals surface area (Å²) in [6, 6.07) is 7.65. The highest BCUT2D eigenvalue weighted by molar-refractivity contribution is 5.83. The molecule has 0 fully saturated rings. The van der Waals surface area contributed by atoms with Crippen molar-refractivity contribution in [1.29, 1.82) is 0 Å². The Balaban J connectivity index is 1.71. The summed E-state index contributed by atoms with van der Waals surface area (Å²) in [5, 5.41) is 14.4. The zero-order valence-corrected chi connectivity index (χ0v) is 15.6. The average molecular weight is 433 g/mol. The quantitative estimate of drug-likeness (QED) is 0.629. The van der Waals surface area contributed by atoms with Gasteiger partial charge in [-0.3, -0.25) is 4.79 Å². The van der Waals surface area contributed by atoms with E-state index in [0.717, 1.165) is 11.8 Å². The Hall–Kier alpha value is -3.96. The molecule has 1 aliphatic heterocycles. The summed E-state index contributed by atoms with van der Waals surface area (Å²) >= 11 is 0. The molecule has 1 unspecified atom stereocenters. The van der Waals surface area contributed by atoms with Gasteiger partial charge in [0.2, 0.25) is 11.7 Å². The SMILES string of the molecule is O=C(O)c1nccc(OCC2c3ccccc3CN2c2cn[nH]c(=O)c2C(F)(F)F)n1. The van der Waals surface area contributed by atoms with Crippen molar-refractivity contribution in [1.82, 2.24) is 20.2 Å². The molecule has 0 aliphatic carbocycles. The van der Waals surface area contributed by atoms with Gasteiger partial charge in [0.15, 0.2) is 0 Å². The van der Waals surface area contributed by atoms with E-state index in [1.54, 1.807) is 24.3 Å². The van der Waals surface area contributed by atoms with Crippen molar-refractivity contribution in [2.75, 3.05) is 11.5 Å². The number of aromatic carboxylic acids is 1. The highest BCUT2D eigenvalue weighted by atomic mass is 19.4. The van der Waals surface area contributed by atoms with Gasteiger partial charge in [-0.15, -0.1) is 0 Å². The van der Waals surface area contributed by atoms with Gasteiger partial charge in [-0.25, -0.2) is 14.9 Å². The van der Waals surface area contributed by atoms with Gasteiger partial charge in [0.25, 0.3) is 5.56 Å². The highest BCUT2D eigenvalue weighted by Crippen LogP contribution is 2.42. The first-order chi connectivity index (χ1) is 14.8. The Labute approximate surface area is 172 Å². The first kappa shape index (κ1) is 20.3. The van der Waals surface area contributed by atoms with E-state index in [4.69, 9.17) is 9.84 Å². The number of ether oxygens (including phenoxy) is 1. The molecule has 9 nitrogen and oxygen atoms in total. The molecule has 12 heteroatoms. The number of hydrogen-bond acceptors (Lipinski definition) is 7. The molecule has 1 atom stereocenters. The van der Waals surface area contributed by atoms with E-state index in [1.165, 1.54) is 17.2 Å². The van der Waals surface area contributed by atoms with Gasteiger partial charge in [0, 0.05) is 18.8 Å². The summed E-state index contributed by atoms with van der Waals surface area (Å²) in [5.41, 5.74) is -1.60. The zero-order chi connectivity index (χ0) is 22.2. The van der Waals surface area contributed by atoms with E-state index >= 15 is 0 Å². The molecule has 1 aliphatic rings. The summed E-state index contributed by atoms with van der Waals surface area (Å²) in [6.07, 6.45) is -2.74. The maximum Gasteiger partial charge on any atom is 0.423 e. The minimum atomic E-state index is -4.89. The van der Waals surface area contributed by atoms with E-state index < -0.39 is 35.1 Å². The van der Waals surface area contributed by atoms with Crippen molar-refractivity contribution in [3.63, 3.8) is 0 Å². The number of aromatic nitrogens is 4. The van der Waals surface area contributed by atoms with E-state index in [9.17, 15) is 22.8 Å². The lowest BCUT2D eigenvalue weighted by molar-refractivity contribution is -0.138. The fraction of sp³-hybridized carbons (Fsp3) is 0.211. The number of anilines is 1. The van der Waals surface area contributed by atoms with Crippen LogP contribution in [-0.2, 0) is 12.7 Å². The number of aromatic amines is 1. The van der Waals surface area contributed by atoms with Gasteiger partial charge in [-0.05, 0) is 11.1 Å². The fourth-order valence-corrected chi connectivity index (χ4v) is 3.47. The van der Waals surface area contributed by atoms with Crippen LogP contribution in [0.3, 0.4) is 0 Å². The van der Waals surface area contributed by atoms with Crippen LogP contribution < -0.4 is 15.2 Å². The summed E-state index contributed by atoms with van der Waals surface area (Å²) in [4.78, 5) is 31.7. The number of carboxylic acid groups (broad SMARTS) is 1. The van der Waals surface area contributed by atoms with Crippen LogP contribution >= 0.6 is 0 Å². The van der Waals surface area contributed by atoms with Crippen molar-refractivity contribution in [2.24, 2.45) is 0 Å². The highest BCUT2D eigenvalue weighted by Gasteiger charge is 2.42. The Morgan fingerprint density at radius 3 is 2.81 bits per heavy atom. The van der Waals surface area contributed by atoms with Gasteiger partial charge in [0.1, 0.15) is 12.2 Å². The first-order valence-corrected chi connectivity index (χ1v) is 8.94. The Morgan fingerprint density at radius 1 is 1.29 bits per heavy atom. The Morgan fingerprint density at radius 2 is 2.06 bits per heavy atom. The molecular weight excluding hydrogens is 419 g/mol. The standard InChI is InChI=1S/C19H14F3N5O4/c20-19(21,22)15-12(7-24-26-17(15)28)27-8-10-3-1-2-4-11(10)13(27)9-31-14-5-6-23-16(25-14)18(29)30/h1-7,13H,8-9H2,(H,26,28)(H,29,30). The van der Waals surface area contributed by atoms with Gasteiger partial charge >= 0.3 is 12.1 Å². The Bertz CT molecular complexity index is 1200. The second-order valence-electron chi connectivity index (χ2n) is 6.63. The molecule has 2 aromatic heterocycles. The number of carboxylic acids is 1. The van der Waals surface area contributed by atoms with Crippen molar-refractivity contribution in [3.8, 4) is 5.88 Å². The van der Waals surface area contributed by atoms with Crippen LogP contribution in [0.1, 0.15) is 33.4 Å². The number of alkyl halides is 3. The van der Waals surface area contributed by atoms with Crippen LogP contribution in [0, 0.1) is 0 Å². The maximum absolute atomic E-state index is 13.6. The number of nitrogens with zero attached hydrogens (tertiary/aromatic N) is 4. The van der Waals surface area contributed by atoms with Gasteiger partial charge in [-0.1, -0.05) is 24.3 Å².